The van der Waals surface area contributed by atoms with Crippen molar-refractivity contribution in [2.45, 2.75) is 24.3 Å². The van der Waals surface area contributed by atoms with Crippen LogP contribution in [0.2, 0.25) is 0 Å². The topological polar surface area (TPSA) is 105 Å². The molecule has 1 atom stereocenters. The molecule has 1 aromatic carbocycles. The van der Waals surface area contributed by atoms with Gasteiger partial charge in [-0.25, -0.2) is 13.1 Å². The number of likely N-dealkylation sites (tertiary alicyclic amines) is 1. The van der Waals surface area contributed by atoms with Crippen molar-refractivity contribution < 1.29 is 22.7 Å². The molecule has 0 bridgehead atoms. The summed E-state index contributed by atoms with van der Waals surface area (Å²) >= 11 is 0. The van der Waals surface area contributed by atoms with Gasteiger partial charge in [0.2, 0.25) is 15.9 Å². The van der Waals surface area contributed by atoms with Crippen LogP contribution in [0.3, 0.4) is 0 Å². The minimum absolute atomic E-state index is 0.0572. The minimum Gasteiger partial charge on any atom is -0.383 e. The summed E-state index contributed by atoms with van der Waals surface area (Å²) in [6, 6.07) is 5.22. The maximum absolute atomic E-state index is 12.4. The van der Waals surface area contributed by atoms with Crippen LogP contribution >= 0.6 is 0 Å². The summed E-state index contributed by atoms with van der Waals surface area (Å²) in [5.41, 5.74) is 0.364. The van der Waals surface area contributed by atoms with Gasteiger partial charge < -0.3 is 15.0 Å². The van der Waals surface area contributed by atoms with E-state index in [-0.39, 0.29) is 23.1 Å². The maximum atomic E-state index is 12.4. The van der Waals surface area contributed by atoms with Crippen LogP contribution in [0, 0.1) is 0 Å². The Balaban J connectivity index is 2.00. The second kappa shape index (κ2) is 8.41. The van der Waals surface area contributed by atoms with E-state index in [1.807, 2.05) is 6.92 Å². The Bertz CT molecular complexity index is 718. The largest absolute Gasteiger partial charge is 0.383 e. The first-order chi connectivity index (χ1) is 11.9. The van der Waals surface area contributed by atoms with E-state index < -0.39 is 16.1 Å². The lowest BCUT2D eigenvalue weighted by atomic mass is 10.2. The summed E-state index contributed by atoms with van der Waals surface area (Å²) in [6.07, 6.45) is 0.160. The Hall–Kier alpha value is -1.97. The zero-order valence-corrected chi connectivity index (χ0v) is 15.1. The molecule has 9 heteroatoms. The van der Waals surface area contributed by atoms with Gasteiger partial charge >= 0.3 is 0 Å². The molecule has 0 radical (unpaired) electrons. The van der Waals surface area contributed by atoms with Crippen LogP contribution in [0.25, 0.3) is 0 Å². The summed E-state index contributed by atoms with van der Waals surface area (Å²) in [7, 11) is -2.20. The van der Waals surface area contributed by atoms with Gasteiger partial charge in [-0.1, -0.05) is 0 Å². The first-order valence-electron chi connectivity index (χ1n) is 8.04. The highest BCUT2D eigenvalue weighted by molar-refractivity contribution is 7.89. The highest BCUT2D eigenvalue weighted by atomic mass is 32.2. The maximum Gasteiger partial charge on any atom is 0.251 e. The second-order valence-corrected chi connectivity index (χ2v) is 7.44. The Morgan fingerprint density at radius 3 is 2.56 bits per heavy atom. The standard InChI is InChI=1S/C16H23N3O5S/c1-3-19-11-13(10-15(19)20)18-25(22,23)14-6-4-12(5-7-14)16(21)17-8-9-24-2/h4-7,13,18H,3,8-11H2,1-2H3,(H,17,21)/t13-/m0/s1. The Morgan fingerprint density at radius 1 is 1.32 bits per heavy atom. The first-order valence-corrected chi connectivity index (χ1v) is 9.53. The SMILES string of the molecule is CCN1C[C@@H](NS(=O)(=O)c2ccc(C(=O)NCCOC)cc2)CC1=O. The fourth-order valence-electron chi connectivity index (χ4n) is 2.60. The number of nitrogens with zero attached hydrogens (tertiary/aromatic N) is 1. The molecule has 1 saturated heterocycles. The van der Waals surface area contributed by atoms with Crippen LogP contribution in [-0.4, -0.2) is 64.5 Å². The van der Waals surface area contributed by atoms with E-state index in [0.717, 1.165) is 0 Å². The van der Waals surface area contributed by atoms with Gasteiger partial charge in [0.1, 0.15) is 0 Å². The van der Waals surface area contributed by atoms with Crippen molar-refractivity contribution in [2.24, 2.45) is 0 Å². The highest BCUT2D eigenvalue weighted by Gasteiger charge is 2.31. The highest BCUT2D eigenvalue weighted by Crippen LogP contribution is 2.16. The van der Waals surface area contributed by atoms with Crippen molar-refractivity contribution >= 4 is 21.8 Å². The molecule has 0 aliphatic carbocycles. The van der Waals surface area contributed by atoms with Gasteiger partial charge in [-0.3, -0.25) is 9.59 Å². The van der Waals surface area contributed by atoms with Crippen molar-refractivity contribution in [3.05, 3.63) is 29.8 Å². The fraction of sp³-hybridized carbons (Fsp3) is 0.500. The number of amides is 2. The number of methoxy groups -OCH3 is 1. The molecule has 2 rings (SSSR count). The number of carbonyl (C=O) groups excluding carboxylic acids is 2. The van der Waals surface area contributed by atoms with Gasteiger partial charge in [-0.2, -0.15) is 0 Å². The monoisotopic (exact) mass is 369 g/mol. The zero-order valence-electron chi connectivity index (χ0n) is 14.3. The fourth-order valence-corrected chi connectivity index (χ4v) is 3.83. The van der Waals surface area contributed by atoms with Crippen LogP contribution in [0.1, 0.15) is 23.7 Å². The second-order valence-electron chi connectivity index (χ2n) is 5.73. The lowest BCUT2D eigenvalue weighted by molar-refractivity contribution is -0.127. The molecule has 0 aromatic heterocycles. The van der Waals surface area contributed by atoms with Gasteiger partial charge in [0, 0.05) is 44.8 Å². The predicted octanol–water partition coefficient (Wildman–Crippen LogP) is -0.0381. The Kier molecular flexibility index (Phi) is 6.51. The summed E-state index contributed by atoms with van der Waals surface area (Å²) in [5, 5.41) is 2.66. The third-order valence-electron chi connectivity index (χ3n) is 3.94. The smallest absolute Gasteiger partial charge is 0.251 e. The van der Waals surface area contributed by atoms with Gasteiger partial charge in [0.25, 0.3) is 5.91 Å². The van der Waals surface area contributed by atoms with Crippen molar-refractivity contribution in [3.8, 4) is 0 Å². The quantitative estimate of drug-likeness (QED) is 0.626. The van der Waals surface area contributed by atoms with Crippen molar-refractivity contribution in [1.29, 1.82) is 0 Å². The molecule has 1 fully saturated rings. The molecule has 1 aliphatic heterocycles. The van der Waals surface area contributed by atoms with Crippen LogP contribution in [0.15, 0.2) is 29.2 Å². The molecule has 138 valence electrons. The van der Waals surface area contributed by atoms with E-state index in [1.54, 1.807) is 4.90 Å². The van der Waals surface area contributed by atoms with Crippen LogP contribution in [-0.2, 0) is 19.6 Å². The third-order valence-corrected chi connectivity index (χ3v) is 5.47. The minimum atomic E-state index is -3.74. The molecule has 1 aliphatic rings. The van der Waals surface area contributed by atoms with E-state index in [0.29, 0.717) is 31.8 Å². The molecular weight excluding hydrogens is 346 g/mol. The third kappa shape index (κ3) is 5.00. The van der Waals surface area contributed by atoms with Gasteiger partial charge in [0.05, 0.1) is 11.5 Å². The molecular formula is C16H23N3O5S. The average molecular weight is 369 g/mol. The number of benzene rings is 1. The summed E-state index contributed by atoms with van der Waals surface area (Å²) in [4.78, 5) is 25.3. The molecule has 1 heterocycles. The normalized spacial score (nSPS) is 17.8. The van der Waals surface area contributed by atoms with E-state index >= 15 is 0 Å². The van der Waals surface area contributed by atoms with E-state index in [1.165, 1.54) is 31.4 Å². The number of hydrogen-bond acceptors (Lipinski definition) is 5. The average Bonchev–Trinajstić information content (AvgIpc) is 2.93. The number of likely N-dealkylation sites (N-methyl/N-ethyl adjacent to an activating group) is 1. The number of sulfonamides is 1. The van der Waals surface area contributed by atoms with Crippen LogP contribution in [0.4, 0.5) is 0 Å². The van der Waals surface area contributed by atoms with E-state index in [2.05, 4.69) is 10.0 Å². The summed E-state index contributed by atoms with van der Waals surface area (Å²) in [6.45, 7) is 3.56. The molecule has 1 aromatic rings. The number of hydrogen-bond donors (Lipinski definition) is 2. The molecule has 2 N–H and O–H groups in total. The summed E-state index contributed by atoms with van der Waals surface area (Å²) in [5.74, 6) is -0.354. The number of rotatable bonds is 8. The molecule has 2 amide bonds. The number of carbonyl (C=O) groups is 2. The predicted molar refractivity (Wildman–Crippen MR) is 91.6 cm³/mol. The number of nitrogens with one attached hydrogen (secondary N) is 2. The van der Waals surface area contributed by atoms with Gasteiger partial charge in [-0.15, -0.1) is 0 Å². The van der Waals surface area contributed by atoms with E-state index in [9.17, 15) is 18.0 Å². The van der Waals surface area contributed by atoms with Gasteiger partial charge in [-0.05, 0) is 31.2 Å². The molecule has 0 saturated carbocycles. The zero-order chi connectivity index (χ0) is 18.4. The van der Waals surface area contributed by atoms with E-state index in [4.69, 9.17) is 4.74 Å². The molecule has 25 heavy (non-hydrogen) atoms. The van der Waals surface area contributed by atoms with Crippen LogP contribution in [0.5, 0.6) is 0 Å². The van der Waals surface area contributed by atoms with Crippen molar-refractivity contribution in [1.82, 2.24) is 14.9 Å². The molecule has 0 unspecified atom stereocenters. The number of ether oxygens (including phenoxy) is 1. The van der Waals surface area contributed by atoms with Crippen molar-refractivity contribution in [2.75, 3.05) is 33.4 Å². The first kappa shape index (κ1) is 19.4. The van der Waals surface area contributed by atoms with Crippen LogP contribution < -0.4 is 10.0 Å². The molecule has 8 nitrogen and oxygen atoms in total. The Labute approximate surface area is 147 Å². The lowest BCUT2D eigenvalue weighted by Gasteiger charge is -2.15. The lowest BCUT2D eigenvalue weighted by Crippen LogP contribution is -2.37. The summed E-state index contributed by atoms with van der Waals surface area (Å²) < 4.78 is 32.2. The van der Waals surface area contributed by atoms with Gasteiger partial charge in [0.15, 0.2) is 0 Å². The molecule has 0 spiro atoms. The van der Waals surface area contributed by atoms with Crippen molar-refractivity contribution in [3.63, 3.8) is 0 Å². The Morgan fingerprint density at radius 2 is 2.00 bits per heavy atom.